The van der Waals surface area contributed by atoms with E-state index >= 15 is 0 Å². The summed E-state index contributed by atoms with van der Waals surface area (Å²) in [5.74, 6) is 0.386. The first kappa shape index (κ1) is 13.7. The number of pyridine rings is 1. The second-order valence-corrected chi connectivity index (χ2v) is 6.28. The molecule has 4 rings (SSSR count). The maximum atomic E-state index is 12.7. The number of hydrogen-bond acceptors (Lipinski definition) is 4. The fraction of sp³-hybridized carbons (Fsp3) is 0.167. The SMILES string of the molecule is CC1(C)C=Cc2c(cc(O)c3c(=O)c4cc(O)ccc4[nH]c23)O1. The molecular formula is C18H15NO4. The first-order valence-corrected chi connectivity index (χ1v) is 7.29. The highest BCUT2D eigenvalue weighted by atomic mass is 16.5. The van der Waals surface area contributed by atoms with Crippen LogP contribution in [-0.4, -0.2) is 20.8 Å². The van der Waals surface area contributed by atoms with Crippen molar-refractivity contribution in [3.05, 3.63) is 46.1 Å². The molecule has 0 fully saturated rings. The molecule has 2 aromatic carbocycles. The van der Waals surface area contributed by atoms with E-state index in [4.69, 9.17) is 4.74 Å². The minimum Gasteiger partial charge on any atom is -0.508 e. The number of aromatic nitrogens is 1. The van der Waals surface area contributed by atoms with Crippen LogP contribution in [0.4, 0.5) is 0 Å². The lowest BCUT2D eigenvalue weighted by Crippen LogP contribution is -2.27. The van der Waals surface area contributed by atoms with E-state index in [9.17, 15) is 15.0 Å². The molecule has 0 saturated carbocycles. The molecule has 2 heterocycles. The number of nitrogens with one attached hydrogen (secondary N) is 1. The molecule has 0 unspecified atom stereocenters. The lowest BCUT2D eigenvalue weighted by atomic mass is 9.98. The van der Waals surface area contributed by atoms with Crippen molar-refractivity contribution in [3.8, 4) is 17.2 Å². The maximum absolute atomic E-state index is 12.7. The summed E-state index contributed by atoms with van der Waals surface area (Å²) in [6.45, 7) is 3.83. The monoisotopic (exact) mass is 309 g/mol. The van der Waals surface area contributed by atoms with Crippen LogP contribution in [0.25, 0.3) is 27.9 Å². The number of aromatic amines is 1. The van der Waals surface area contributed by atoms with Gasteiger partial charge < -0.3 is 19.9 Å². The standard InChI is InChI=1S/C18H15NO4/c1-18(2)6-5-10-14(23-18)8-13(21)15-16(10)19-12-4-3-9(20)7-11(12)17(15)22/h3-8,20-21H,1-2H3,(H,19,22). The van der Waals surface area contributed by atoms with Crippen LogP contribution in [0.5, 0.6) is 17.2 Å². The van der Waals surface area contributed by atoms with Gasteiger partial charge in [-0.25, -0.2) is 0 Å². The fourth-order valence-electron chi connectivity index (χ4n) is 2.97. The van der Waals surface area contributed by atoms with Crippen LogP contribution in [0.3, 0.4) is 0 Å². The molecule has 0 aliphatic carbocycles. The van der Waals surface area contributed by atoms with Gasteiger partial charge in [-0.1, -0.05) is 0 Å². The molecule has 0 saturated heterocycles. The van der Waals surface area contributed by atoms with Crippen molar-refractivity contribution in [2.75, 3.05) is 0 Å². The molecule has 23 heavy (non-hydrogen) atoms. The van der Waals surface area contributed by atoms with Crippen molar-refractivity contribution in [3.63, 3.8) is 0 Å². The third kappa shape index (κ3) is 1.97. The van der Waals surface area contributed by atoms with Gasteiger partial charge in [-0.3, -0.25) is 4.79 Å². The number of hydrogen-bond donors (Lipinski definition) is 3. The summed E-state index contributed by atoms with van der Waals surface area (Å²) in [7, 11) is 0. The molecular weight excluding hydrogens is 294 g/mol. The predicted molar refractivity (Wildman–Crippen MR) is 89.1 cm³/mol. The molecule has 3 N–H and O–H groups in total. The molecule has 116 valence electrons. The number of phenolic OH excluding ortho intramolecular Hbond substituents is 2. The minimum atomic E-state index is -0.476. The number of aromatic hydroxyl groups is 2. The first-order chi connectivity index (χ1) is 10.9. The van der Waals surface area contributed by atoms with E-state index in [-0.39, 0.29) is 22.3 Å². The average Bonchev–Trinajstić information content (AvgIpc) is 2.46. The summed E-state index contributed by atoms with van der Waals surface area (Å²) in [6.07, 6.45) is 3.80. The highest BCUT2D eigenvalue weighted by Gasteiger charge is 2.25. The molecule has 5 heteroatoms. The molecule has 3 aromatic rings. The van der Waals surface area contributed by atoms with Crippen molar-refractivity contribution in [1.29, 1.82) is 0 Å². The van der Waals surface area contributed by atoms with Crippen LogP contribution >= 0.6 is 0 Å². The summed E-state index contributed by atoms with van der Waals surface area (Å²) in [6, 6.07) is 6.00. The van der Waals surface area contributed by atoms with Crippen LogP contribution in [-0.2, 0) is 0 Å². The highest BCUT2D eigenvalue weighted by Crippen LogP contribution is 2.39. The van der Waals surface area contributed by atoms with Gasteiger partial charge in [0.2, 0.25) is 5.43 Å². The Labute approximate surface area is 131 Å². The van der Waals surface area contributed by atoms with E-state index in [2.05, 4.69) is 4.98 Å². The van der Waals surface area contributed by atoms with E-state index in [1.807, 2.05) is 26.0 Å². The van der Waals surface area contributed by atoms with Crippen LogP contribution < -0.4 is 10.2 Å². The Morgan fingerprint density at radius 2 is 1.96 bits per heavy atom. The molecule has 0 spiro atoms. The zero-order valence-electron chi connectivity index (χ0n) is 12.7. The van der Waals surface area contributed by atoms with Crippen LogP contribution in [0.15, 0.2) is 35.1 Å². The van der Waals surface area contributed by atoms with Crippen molar-refractivity contribution in [1.82, 2.24) is 4.98 Å². The molecule has 0 radical (unpaired) electrons. The second-order valence-electron chi connectivity index (χ2n) is 6.28. The molecule has 0 atom stereocenters. The average molecular weight is 309 g/mol. The third-order valence-corrected chi connectivity index (χ3v) is 4.07. The highest BCUT2D eigenvalue weighted by molar-refractivity contribution is 6.01. The number of benzene rings is 2. The van der Waals surface area contributed by atoms with Crippen molar-refractivity contribution in [2.45, 2.75) is 19.4 Å². The maximum Gasteiger partial charge on any atom is 0.201 e. The Balaban J connectivity index is 2.18. The zero-order valence-corrected chi connectivity index (χ0v) is 12.7. The summed E-state index contributed by atoms with van der Waals surface area (Å²) in [5.41, 5.74) is 1.03. The van der Waals surface area contributed by atoms with Crippen molar-refractivity contribution >= 4 is 27.9 Å². The Kier molecular flexibility index (Phi) is 2.55. The van der Waals surface area contributed by atoms with E-state index < -0.39 is 5.60 Å². The molecule has 0 bridgehead atoms. The van der Waals surface area contributed by atoms with Gasteiger partial charge >= 0.3 is 0 Å². The molecule has 5 nitrogen and oxygen atoms in total. The van der Waals surface area contributed by atoms with Gasteiger partial charge in [0.1, 0.15) is 22.8 Å². The zero-order chi connectivity index (χ0) is 16.4. The fourth-order valence-corrected chi connectivity index (χ4v) is 2.97. The third-order valence-electron chi connectivity index (χ3n) is 4.07. The molecule has 1 aliphatic rings. The van der Waals surface area contributed by atoms with E-state index in [0.29, 0.717) is 22.2 Å². The predicted octanol–water partition coefficient (Wildman–Crippen LogP) is 3.28. The minimum absolute atomic E-state index is 0.00442. The van der Waals surface area contributed by atoms with Gasteiger partial charge in [0.15, 0.2) is 0 Å². The smallest absolute Gasteiger partial charge is 0.201 e. The van der Waals surface area contributed by atoms with Gasteiger partial charge in [0.25, 0.3) is 0 Å². The number of fused-ring (bicyclic) bond motifs is 4. The number of H-pyrrole nitrogens is 1. The van der Waals surface area contributed by atoms with Crippen molar-refractivity contribution < 1.29 is 14.9 Å². The summed E-state index contributed by atoms with van der Waals surface area (Å²) >= 11 is 0. The van der Waals surface area contributed by atoms with Crippen LogP contribution in [0.2, 0.25) is 0 Å². The Hall–Kier alpha value is -2.95. The van der Waals surface area contributed by atoms with Crippen molar-refractivity contribution in [2.24, 2.45) is 0 Å². The summed E-state index contributed by atoms with van der Waals surface area (Å²) in [5, 5.41) is 20.4. The van der Waals surface area contributed by atoms with Gasteiger partial charge in [-0.15, -0.1) is 0 Å². The van der Waals surface area contributed by atoms with Gasteiger partial charge in [-0.2, -0.15) is 0 Å². The van der Waals surface area contributed by atoms with Gasteiger partial charge in [0.05, 0.1) is 16.4 Å². The quantitative estimate of drug-likeness (QED) is 0.557. The lowest BCUT2D eigenvalue weighted by Gasteiger charge is -2.28. The van der Waals surface area contributed by atoms with Crippen LogP contribution in [0.1, 0.15) is 19.4 Å². The van der Waals surface area contributed by atoms with Crippen LogP contribution in [0, 0.1) is 0 Å². The number of rotatable bonds is 0. The van der Waals surface area contributed by atoms with E-state index in [1.165, 1.54) is 18.2 Å². The van der Waals surface area contributed by atoms with E-state index in [0.717, 1.165) is 5.56 Å². The lowest BCUT2D eigenvalue weighted by molar-refractivity contribution is 0.159. The topological polar surface area (TPSA) is 82.5 Å². The van der Waals surface area contributed by atoms with E-state index in [1.54, 1.807) is 6.07 Å². The largest absolute Gasteiger partial charge is 0.508 e. The van der Waals surface area contributed by atoms with Gasteiger partial charge in [0, 0.05) is 17.0 Å². The second kappa shape index (κ2) is 4.29. The number of ether oxygens (including phenoxy) is 1. The summed E-state index contributed by atoms with van der Waals surface area (Å²) < 4.78 is 5.87. The Morgan fingerprint density at radius 1 is 1.17 bits per heavy atom. The molecule has 1 aromatic heterocycles. The number of phenols is 2. The summed E-state index contributed by atoms with van der Waals surface area (Å²) in [4.78, 5) is 15.9. The van der Waals surface area contributed by atoms with Gasteiger partial charge in [-0.05, 0) is 44.2 Å². The molecule has 1 aliphatic heterocycles. The normalized spacial score (nSPS) is 15.6. The Bertz CT molecular complexity index is 1060. The first-order valence-electron chi connectivity index (χ1n) is 7.29. The Morgan fingerprint density at radius 3 is 2.74 bits per heavy atom. The molecule has 0 amide bonds.